The maximum absolute atomic E-state index is 11.6. The van der Waals surface area contributed by atoms with Gasteiger partial charge in [0.1, 0.15) is 11.8 Å². The van der Waals surface area contributed by atoms with Crippen molar-refractivity contribution in [1.29, 1.82) is 5.26 Å². The first-order valence-corrected chi connectivity index (χ1v) is 7.43. The topological polar surface area (TPSA) is 76.0 Å². The van der Waals surface area contributed by atoms with Gasteiger partial charge in [-0.2, -0.15) is 10.4 Å². The van der Waals surface area contributed by atoms with E-state index in [1.54, 1.807) is 6.20 Å². The van der Waals surface area contributed by atoms with E-state index in [4.69, 9.17) is 5.26 Å². The molecule has 0 spiro atoms. The summed E-state index contributed by atoms with van der Waals surface area (Å²) in [5.74, 6) is -0.0102. The molecule has 1 fully saturated rings. The summed E-state index contributed by atoms with van der Waals surface area (Å²) in [4.78, 5) is 15.7. The number of hydrogen-bond donors (Lipinski definition) is 1. The van der Waals surface area contributed by atoms with Crippen LogP contribution in [0.5, 0.6) is 0 Å². The van der Waals surface area contributed by atoms with Crippen LogP contribution in [0.15, 0.2) is 43.1 Å². The molecule has 0 radical (unpaired) electrons. The number of nitrogens with one attached hydrogen (secondary N) is 1. The van der Waals surface area contributed by atoms with Gasteiger partial charge in [-0.05, 0) is 23.8 Å². The summed E-state index contributed by atoms with van der Waals surface area (Å²) >= 11 is 0. The molecule has 0 aliphatic carbocycles. The monoisotopic (exact) mass is 307 g/mol. The van der Waals surface area contributed by atoms with E-state index in [1.165, 1.54) is 6.08 Å². The Hall–Kier alpha value is -3.07. The number of benzene rings is 1. The quantitative estimate of drug-likeness (QED) is 0.877. The summed E-state index contributed by atoms with van der Waals surface area (Å²) in [6, 6.07) is 10.1. The van der Waals surface area contributed by atoms with Crippen LogP contribution in [-0.2, 0) is 4.79 Å². The van der Waals surface area contributed by atoms with Gasteiger partial charge in [0.05, 0.1) is 6.20 Å². The van der Waals surface area contributed by atoms with Crippen LogP contribution in [-0.4, -0.2) is 47.2 Å². The zero-order chi connectivity index (χ0) is 16.2. The van der Waals surface area contributed by atoms with Crippen molar-refractivity contribution in [2.75, 3.05) is 31.1 Å². The van der Waals surface area contributed by atoms with Gasteiger partial charge in [0, 0.05) is 37.4 Å². The second kappa shape index (κ2) is 6.36. The molecule has 1 amide bonds. The highest BCUT2D eigenvalue weighted by atomic mass is 16.2. The summed E-state index contributed by atoms with van der Waals surface area (Å²) in [6.45, 7) is 6.53. The highest BCUT2D eigenvalue weighted by Gasteiger charge is 2.19. The molecule has 0 unspecified atom stereocenters. The fourth-order valence-electron chi connectivity index (χ4n) is 2.76. The zero-order valence-electron chi connectivity index (χ0n) is 12.7. The van der Waals surface area contributed by atoms with E-state index in [2.05, 4.69) is 27.7 Å². The molecule has 1 aliphatic heterocycles. The van der Waals surface area contributed by atoms with E-state index >= 15 is 0 Å². The Morgan fingerprint density at radius 3 is 2.57 bits per heavy atom. The molecule has 6 heteroatoms. The van der Waals surface area contributed by atoms with Gasteiger partial charge in [-0.25, -0.2) is 0 Å². The van der Waals surface area contributed by atoms with Gasteiger partial charge < -0.3 is 9.80 Å². The van der Waals surface area contributed by atoms with Gasteiger partial charge in [0.2, 0.25) is 5.91 Å². The lowest BCUT2D eigenvalue weighted by Gasteiger charge is -2.35. The third-order valence-corrected chi connectivity index (χ3v) is 4.06. The number of aromatic amines is 1. The number of amides is 1. The van der Waals surface area contributed by atoms with Gasteiger partial charge in [-0.1, -0.05) is 18.7 Å². The number of piperazine rings is 1. The Morgan fingerprint density at radius 2 is 1.96 bits per heavy atom. The van der Waals surface area contributed by atoms with Crippen molar-refractivity contribution >= 4 is 11.6 Å². The lowest BCUT2D eigenvalue weighted by Crippen LogP contribution is -2.48. The van der Waals surface area contributed by atoms with Crippen LogP contribution in [0.1, 0.15) is 5.69 Å². The molecular formula is C17H17N5O. The Kier molecular flexibility index (Phi) is 4.11. The molecule has 1 N–H and O–H groups in total. The number of nitriles is 1. The lowest BCUT2D eigenvalue weighted by atomic mass is 10.1. The normalized spacial score (nSPS) is 14.4. The van der Waals surface area contributed by atoms with E-state index in [0.717, 1.165) is 29.9 Å². The number of carbonyl (C=O) groups excluding carboxylic acids is 1. The van der Waals surface area contributed by atoms with E-state index < -0.39 is 0 Å². The lowest BCUT2D eigenvalue weighted by molar-refractivity contribution is -0.126. The molecular weight excluding hydrogens is 290 g/mol. The molecule has 6 nitrogen and oxygen atoms in total. The predicted molar refractivity (Wildman–Crippen MR) is 87.7 cm³/mol. The zero-order valence-corrected chi connectivity index (χ0v) is 12.7. The summed E-state index contributed by atoms with van der Waals surface area (Å²) in [6.07, 6.45) is 3.02. The fourth-order valence-corrected chi connectivity index (χ4v) is 2.76. The number of H-pyrrole nitrogens is 1. The van der Waals surface area contributed by atoms with Crippen molar-refractivity contribution in [1.82, 2.24) is 15.1 Å². The molecule has 2 aromatic rings. The maximum Gasteiger partial charge on any atom is 0.246 e. The molecule has 23 heavy (non-hydrogen) atoms. The second-order valence-corrected chi connectivity index (χ2v) is 5.33. The molecule has 3 rings (SSSR count). The molecule has 1 aromatic heterocycles. The predicted octanol–water partition coefficient (Wildman–Crippen LogP) is 1.78. The highest BCUT2D eigenvalue weighted by molar-refractivity contribution is 5.87. The van der Waals surface area contributed by atoms with Gasteiger partial charge in [0.25, 0.3) is 0 Å². The number of nitrogens with zero attached hydrogens (tertiary/aromatic N) is 4. The standard InChI is InChI=1S/C17H17N5O/c1-2-17(23)22-9-7-21(8-10-22)14-5-3-13(4-6-14)15-12-19-20-16(15)11-18/h2-6,12H,1,7-10H2,(H,19,20). The molecule has 0 saturated carbocycles. The van der Waals surface area contributed by atoms with Crippen LogP contribution in [0.3, 0.4) is 0 Å². The van der Waals surface area contributed by atoms with Gasteiger partial charge in [-0.3, -0.25) is 9.89 Å². The average molecular weight is 307 g/mol. The number of rotatable bonds is 3. The van der Waals surface area contributed by atoms with Crippen molar-refractivity contribution in [2.24, 2.45) is 0 Å². The minimum atomic E-state index is -0.0102. The number of hydrogen-bond acceptors (Lipinski definition) is 4. The molecule has 1 aromatic carbocycles. The van der Waals surface area contributed by atoms with Crippen LogP contribution < -0.4 is 4.90 Å². The van der Waals surface area contributed by atoms with Crippen molar-refractivity contribution in [2.45, 2.75) is 0 Å². The number of aromatic nitrogens is 2. The first-order valence-electron chi connectivity index (χ1n) is 7.43. The second-order valence-electron chi connectivity index (χ2n) is 5.33. The fraction of sp³-hybridized carbons (Fsp3) is 0.235. The van der Waals surface area contributed by atoms with Crippen molar-refractivity contribution in [3.05, 3.63) is 48.8 Å². The van der Waals surface area contributed by atoms with Crippen LogP contribution in [0.4, 0.5) is 5.69 Å². The van der Waals surface area contributed by atoms with Crippen molar-refractivity contribution < 1.29 is 4.79 Å². The maximum atomic E-state index is 11.6. The molecule has 0 bridgehead atoms. The largest absolute Gasteiger partial charge is 0.368 e. The molecule has 0 atom stereocenters. The molecule has 2 heterocycles. The van der Waals surface area contributed by atoms with E-state index in [1.807, 2.05) is 29.2 Å². The third-order valence-electron chi connectivity index (χ3n) is 4.06. The Labute approximate surface area is 134 Å². The van der Waals surface area contributed by atoms with Crippen LogP contribution >= 0.6 is 0 Å². The van der Waals surface area contributed by atoms with Gasteiger partial charge in [0.15, 0.2) is 0 Å². The van der Waals surface area contributed by atoms with Crippen LogP contribution in [0.2, 0.25) is 0 Å². The number of anilines is 1. The SMILES string of the molecule is C=CC(=O)N1CCN(c2ccc(-c3cn[nH]c3C#N)cc2)CC1. The van der Waals surface area contributed by atoms with Crippen molar-refractivity contribution in [3.8, 4) is 17.2 Å². The van der Waals surface area contributed by atoms with E-state index in [9.17, 15) is 4.79 Å². The summed E-state index contributed by atoms with van der Waals surface area (Å²) in [5.41, 5.74) is 3.34. The minimum Gasteiger partial charge on any atom is -0.368 e. The van der Waals surface area contributed by atoms with Crippen LogP contribution in [0, 0.1) is 11.3 Å². The van der Waals surface area contributed by atoms with Gasteiger partial charge in [-0.15, -0.1) is 0 Å². The van der Waals surface area contributed by atoms with Crippen LogP contribution in [0.25, 0.3) is 11.1 Å². The first kappa shape index (κ1) is 14.9. The minimum absolute atomic E-state index is 0.0102. The smallest absolute Gasteiger partial charge is 0.246 e. The molecule has 1 aliphatic rings. The Bertz CT molecular complexity index is 748. The average Bonchev–Trinajstić information content (AvgIpc) is 3.10. The summed E-state index contributed by atoms with van der Waals surface area (Å²) < 4.78 is 0. The summed E-state index contributed by atoms with van der Waals surface area (Å²) in [7, 11) is 0. The summed E-state index contributed by atoms with van der Waals surface area (Å²) in [5, 5.41) is 15.6. The Morgan fingerprint density at radius 1 is 1.26 bits per heavy atom. The molecule has 116 valence electrons. The number of carbonyl (C=O) groups is 1. The van der Waals surface area contributed by atoms with Crippen molar-refractivity contribution in [3.63, 3.8) is 0 Å². The first-order chi connectivity index (χ1) is 11.2. The highest BCUT2D eigenvalue weighted by Crippen LogP contribution is 2.25. The van der Waals surface area contributed by atoms with E-state index in [-0.39, 0.29) is 5.91 Å². The van der Waals surface area contributed by atoms with Gasteiger partial charge >= 0.3 is 0 Å². The molecule has 1 saturated heterocycles. The third kappa shape index (κ3) is 2.94. The van der Waals surface area contributed by atoms with E-state index in [0.29, 0.717) is 18.8 Å². The Balaban J connectivity index is 1.70.